The molecule has 3 aromatic heterocycles. The van der Waals surface area contributed by atoms with Crippen LogP contribution >= 0.6 is 0 Å². The van der Waals surface area contributed by atoms with E-state index < -0.39 is 0 Å². The molecule has 0 fully saturated rings. The Morgan fingerprint density at radius 1 is 0.386 bits per heavy atom. The lowest BCUT2D eigenvalue weighted by Gasteiger charge is -2.16. The molecule has 0 saturated carbocycles. The molecule has 10 aromatic carbocycles. The van der Waals surface area contributed by atoms with Crippen molar-refractivity contribution >= 4 is 83.1 Å². The van der Waals surface area contributed by atoms with Crippen molar-refractivity contribution in [1.82, 2.24) is 23.3 Å². The van der Waals surface area contributed by atoms with E-state index in [0.717, 1.165) is 100 Å². The summed E-state index contributed by atoms with van der Waals surface area (Å²) in [6.07, 6.45) is 1.84. The number of pyridine rings is 1. The predicted molar refractivity (Wildman–Crippen MR) is 289 cm³/mol. The van der Waals surface area contributed by atoms with Crippen molar-refractivity contribution < 1.29 is 4.74 Å². The van der Waals surface area contributed by atoms with Crippen molar-refractivity contribution in [2.24, 2.45) is 0 Å². The van der Waals surface area contributed by atoms with Gasteiger partial charge in [0.25, 0.3) is 5.69 Å². The van der Waals surface area contributed by atoms with Gasteiger partial charge in [-0.25, -0.2) is 4.98 Å². The van der Waals surface area contributed by atoms with E-state index in [9.17, 15) is 0 Å². The summed E-state index contributed by atoms with van der Waals surface area (Å²) in [5.41, 5.74) is 13.9. The van der Waals surface area contributed by atoms with Crippen molar-refractivity contribution in [3.05, 3.63) is 249 Å². The maximum atomic E-state index is 6.80. The third-order valence-electron chi connectivity index (χ3n) is 13.7. The quantitative estimate of drug-likeness (QED) is 0.143. The first-order valence-electron chi connectivity index (χ1n) is 23.6. The molecule has 13 aromatic rings. The highest BCUT2D eigenvalue weighted by molar-refractivity contribution is 6.11. The number of nitrogens with zero attached hydrogens (tertiary/aromatic N) is 5. The smallest absolute Gasteiger partial charge is 0.457 e. The Bertz CT molecular complexity index is 4180. The number of ether oxygens (including phenoxy) is 1. The van der Waals surface area contributed by atoms with Gasteiger partial charge in [-0.3, -0.25) is 4.57 Å². The van der Waals surface area contributed by atoms with E-state index in [-0.39, 0.29) is 0 Å². The van der Waals surface area contributed by atoms with Crippen molar-refractivity contribution in [2.75, 3.05) is 0 Å². The van der Waals surface area contributed by atoms with Gasteiger partial charge >= 0.3 is 11.7 Å². The molecule has 0 atom stereocenters. The molecule has 0 radical (unpaired) electrons. The molecular formula is C64H41N5O+2. The molecule has 14 rings (SSSR count). The van der Waals surface area contributed by atoms with Crippen molar-refractivity contribution in [1.29, 1.82) is 0 Å². The molecule has 0 spiro atoms. The molecule has 1 aliphatic heterocycles. The summed E-state index contributed by atoms with van der Waals surface area (Å²) >= 11 is 0. The predicted octanol–water partition coefficient (Wildman–Crippen LogP) is 16.4. The summed E-state index contributed by atoms with van der Waals surface area (Å²) in [5, 5.41) is 7.03. The Kier molecular flexibility index (Phi) is 9.06. The summed E-state index contributed by atoms with van der Waals surface area (Å²) in [4.78, 5) is 4.74. The normalized spacial score (nSPS) is 12.2. The highest BCUT2D eigenvalue weighted by atomic mass is 16.5. The lowest BCUT2D eigenvalue weighted by molar-refractivity contribution is 0.483. The summed E-state index contributed by atoms with van der Waals surface area (Å²) < 4.78 is 15.9. The van der Waals surface area contributed by atoms with Crippen molar-refractivity contribution in [3.8, 4) is 45.3 Å². The molecule has 6 heteroatoms. The van der Waals surface area contributed by atoms with Gasteiger partial charge in [-0.2, -0.15) is 0 Å². The van der Waals surface area contributed by atoms with Crippen LogP contribution in [0.3, 0.4) is 0 Å². The molecule has 0 bridgehead atoms. The van der Waals surface area contributed by atoms with Gasteiger partial charge < -0.3 is 9.30 Å². The van der Waals surface area contributed by atoms with Gasteiger partial charge in [0.15, 0.2) is 0 Å². The zero-order valence-corrected chi connectivity index (χ0v) is 37.8. The van der Waals surface area contributed by atoms with Crippen LogP contribution in [0.4, 0.5) is 22.7 Å². The number of hydrogen-bond acceptors (Lipinski definition) is 2. The Hall–Kier alpha value is -9.61. The number of hydrogen-bond donors (Lipinski definition) is 0. The highest BCUT2D eigenvalue weighted by Crippen LogP contribution is 2.49. The van der Waals surface area contributed by atoms with Crippen molar-refractivity contribution in [2.45, 2.75) is 0 Å². The standard InChI is InChI=1S/C64H41N5O/c1-3-18-43(19-4-1)55-39-47(68-57-29-12-9-26-51(57)52-27-10-13-30-58(52)68)40-56(44-20-5-2-6-21-44)63(55)67-42-66(60-36-33-45-22-7-8-25-50(45)64(60)67)46-23-17-24-48(38-46)70-49-34-35-54-53-28-11-14-31-59(53)69(61(54)41-49)62-32-15-16-37-65-62/h1-41H/q+2. The maximum absolute atomic E-state index is 6.80. The zero-order valence-electron chi connectivity index (χ0n) is 37.8. The minimum atomic E-state index is 0.713. The number of aromatic nitrogens is 3. The van der Waals surface area contributed by atoms with Gasteiger partial charge in [0.1, 0.15) is 17.3 Å². The van der Waals surface area contributed by atoms with Crippen LogP contribution in [0.25, 0.3) is 88.1 Å². The molecule has 70 heavy (non-hydrogen) atoms. The van der Waals surface area contributed by atoms with E-state index >= 15 is 0 Å². The number of fused-ring (bicyclic) bond motifs is 9. The monoisotopic (exact) mass is 895 g/mol. The first-order chi connectivity index (χ1) is 34.7. The lowest BCUT2D eigenvalue weighted by Crippen LogP contribution is -2.06. The summed E-state index contributed by atoms with van der Waals surface area (Å²) in [6, 6.07) is 89.9. The topological polar surface area (TPSA) is 38.0 Å². The molecule has 0 N–H and O–H groups in total. The summed E-state index contributed by atoms with van der Waals surface area (Å²) in [7, 11) is 0. The van der Waals surface area contributed by atoms with E-state index in [1.807, 2.05) is 30.5 Å². The largest absolute Gasteiger partial charge is 0.503 e. The van der Waals surface area contributed by atoms with Crippen molar-refractivity contribution in [3.63, 3.8) is 0 Å². The molecule has 0 amide bonds. The Morgan fingerprint density at radius 3 is 1.61 bits per heavy atom. The van der Waals surface area contributed by atoms with E-state index in [0.29, 0.717) is 5.75 Å². The lowest BCUT2D eigenvalue weighted by atomic mass is 9.93. The van der Waals surface area contributed by atoms with E-state index in [1.54, 1.807) is 0 Å². The minimum absolute atomic E-state index is 0.713. The highest BCUT2D eigenvalue weighted by Gasteiger charge is 2.41. The Balaban J connectivity index is 0.993. The maximum Gasteiger partial charge on any atom is 0.503 e. The van der Waals surface area contributed by atoms with E-state index in [1.165, 1.54) is 16.2 Å². The molecule has 0 saturated heterocycles. The van der Waals surface area contributed by atoms with E-state index in [4.69, 9.17) is 9.72 Å². The third kappa shape index (κ3) is 6.32. The van der Waals surface area contributed by atoms with Crippen LogP contribution in [0.15, 0.2) is 249 Å². The molecule has 1 aliphatic rings. The summed E-state index contributed by atoms with van der Waals surface area (Å²) in [6.45, 7) is 0. The second-order valence-electron chi connectivity index (χ2n) is 17.7. The van der Waals surface area contributed by atoms with Gasteiger partial charge in [0, 0.05) is 51.6 Å². The van der Waals surface area contributed by atoms with Crippen LogP contribution in [0.2, 0.25) is 0 Å². The second-order valence-corrected chi connectivity index (χ2v) is 17.7. The Labute approximate surface area is 403 Å². The van der Waals surface area contributed by atoms with Crippen LogP contribution in [0, 0.1) is 0 Å². The first-order valence-corrected chi connectivity index (χ1v) is 23.6. The number of para-hydroxylation sites is 3. The van der Waals surface area contributed by atoms with E-state index in [2.05, 4.69) is 243 Å². The van der Waals surface area contributed by atoms with Crippen LogP contribution in [-0.4, -0.2) is 20.1 Å². The fraction of sp³-hybridized carbons (Fsp3) is 0. The summed E-state index contributed by atoms with van der Waals surface area (Å²) in [5.74, 6) is 2.30. The average molecular weight is 896 g/mol. The van der Waals surface area contributed by atoms with Gasteiger partial charge in [0.05, 0.1) is 44.6 Å². The second kappa shape index (κ2) is 16.0. The first kappa shape index (κ1) is 39.5. The van der Waals surface area contributed by atoms with Crippen LogP contribution in [0.1, 0.15) is 0 Å². The average Bonchev–Trinajstić information content (AvgIpc) is 4.10. The minimum Gasteiger partial charge on any atom is -0.457 e. The SMILES string of the molecule is C1=[N+](c2cccc(Oc3ccc4c5ccccc5n(-c5ccccn5)c4c3)c2)c2ccc3ccccc3c2[N+]=1c1c(-c2ccccc2)cc(-n2c3ccccc3c3ccccc32)cc1-c1ccccc1. The molecule has 0 unspecified atom stereocenters. The number of benzene rings is 10. The van der Waals surface area contributed by atoms with Crippen LogP contribution in [0.5, 0.6) is 11.5 Å². The third-order valence-corrected chi connectivity index (χ3v) is 13.7. The van der Waals surface area contributed by atoms with Crippen LogP contribution < -0.4 is 13.9 Å². The van der Waals surface area contributed by atoms with Gasteiger partial charge in [-0.1, -0.05) is 146 Å². The molecular weight excluding hydrogens is 855 g/mol. The molecule has 6 nitrogen and oxygen atoms in total. The van der Waals surface area contributed by atoms with Gasteiger partial charge in [-0.05, 0) is 98.5 Å². The fourth-order valence-electron chi connectivity index (χ4n) is 10.7. The van der Waals surface area contributed by atoms with Gasteiger partial charge in [-0.15, -0.1) is 0 Å². The molecule has 0 aliphatic carbocycles. The fourth-order valence-corrected chi connectivity index (χ4v) is 10.7. The molecule has 326 valence electrons. The molecule has 4 heterocycles. The van der Waals surface area contributed by atoms with Gasteiger partial charge in [0.2, 0.25) is 11.4 Å². The Morgan fingerprint density at radius 2 is 0.957 bits per heavy atom. The number of rotatable bonds is 8. The van der Waals surface area contributed by atoms with Crippen LogP contribution in [-0.2, 0) is 0 Å². The zero-order chi connectivity index (χ0) is 46.1.